The molecule has 4 aromatic rings. The van der Waals surface area contributed by atoms with E-state index in [4.69, 9.17) is 15.5 Å². The quantitative estimate of drug-likeness (QED) is 0.183. The number of anilines is 1. The molecule has 2 heterocycles. The van der Waals surface area contributed by atoms with Crippen molar-refractivity contribution in [2.45, 2.75) is 62.4 Å². The van der Waals surface area contributed by atoms with Gasteiger partial charge in [-0.15, -0.1) is 0 Å². The van der Waals surface area contributed by atoms with Gasteiger partial charge in [-0.3, -0.25) is 9.52 Å². The molecule has 1 aliphatic heterocycles. The minimum atomic E-state index is -3.98. The third-order valence-corrected chi connectivity index (χ3v) is 10.1. The molecule has 0 saturated carbocycles. The van der Waals surface area contributed by atoms with Gasteiger partial charge in [-0.2, -0.15) is 5.26 Å². The maximum absolute atomic E-state index is 13.8. The number of carbonyl (C=O) groups is 2. The number of nitriles is 1. The van der Waals surface area contributed by atoms with E-state index in [0.29, 0.717) is 28.8 Å². The molecule has 2 atom stereocenters. The van der Waals surface area contributed by atoms with Gasteiger partial charge in [0.2, 0.25) is 5.54 Å². The van der Waals surface area contributed by atoms with Crippen molar-refractivity contribution in [3.8, 4) is 6.07 Å². The minimum absolute atomic E-state index is 0.0315. The number of sulfonamides is 1. The van der Waals surface area contributed by atoms with Gasteiger partial charge in [-0.25, -0.2) is 18.2 Å². The van der Waals surface area contributed by atoms with Crippen molar-refractivity contribution in [3.63, 3.8) is 0 Å². The molecule has 2 unspecified atom stereocenters. The van der Waals surface area contributed by atoms with E-state index in [-0.39, 0.29) is 29.7 Å². The van der Waals surface area contributed by atoms with Gasteiger partial charge in [0.25, 0.3) is 15.9 Å². The third-order valence-electron chi connectivity index (χ3n) is 8.66. The Hall–Kier alpha value is -4.73. The zero-order valence-electron chi connectivity index (χ0n) is 26.2. The molecule has 1 aliphatic rings. The largest absolute Gasteiger partial charge is 0.464 e. The molecule has 1 amide bonds. The molecular weight excluding hydrogens is 604 g/mol. The molecule has 12 heteroatoms. The lowest BCUT2D eigenvalue weighted by atomic mass is 9.96. The molecule has 0 spiro atoms. The van der Waals surface area contributed by atoms with E-state index in [0.717, 1.165) is 36.9 Å². The number of likely N-dealkylation sites (tertiary alicyclic amines) is 1. The molecule has 0 bridgehead atoms. The number of primary amides is 1. The second-order valence-corrected chi connectivity index (χ2v) is 13.4. The number of nitrogens with zero attached hydrogens (tertiary/aromatic N) is 4. The van der Waals surface area contributed by atoms with Crippen LogP contribution in [0.2, 0.25) is 0 Å². The average Bonchev–Trinajstić information content (AvgIpc) is 3.39. The van der Waals surface area contributed by atoms with E-state index in [1.54, 1.807) is 61.5 Å². The van der Waals surface area contributed by atoms with Crippen molar-refractivity contribution in [2.75, 3.05) is 24.9 Å². The van der Waals surface area contributed by atoms with Crippen LogP contribution in [-0.4, -0.2) is 61.0 Å². The van der Waals surface area contributed by atoms with Crippen LogP contribution in [0.15, 0.2) is 71.6 Å². The zero-order valence-corrected chi connectivity index (χ0v) is 27.0. The maximum Gasteiger partial charge on any atom is 0.342 e. The van der Waals surface area contributed by atoms with Crippen molar-refractivity contribution in [1.29, 1.82) is 5.26 Å². The van der Waals surface area contributed by atoms with Gasteiger partial charge in [0.05, 0.1) is 39.9 Å². The minimum Gasteiger partial charge on any atom is -0.464 e. The summed E-state index contributed by atoms with van der Waals surface area (Å²) in [5.41, 5.74) is 6.89. The highest BCUT2D eigenvalue weighted by Crippen LogP contribution is 2.32. The molecule has 11 nitrogen and oxygen atoms in total. The normalized spacial score (nSPS) is 16.8. The highest BCUT2D eigenvalue weighted by Gasteiger charge is 2.45. The SMILES string of the molecule is CCOC(=O)C(C)(C(N)=O)n1c(Cc2ccc(C#N)cc2)nc2cc(NS(=O)(=O)c3ccccc3CC3CCCCN3C)ccc21. The summed E-state index contributed by atoms with van der Waals surface area (Å²) < 4.78 is 37.0. The van der Waals surface area contributed by atoms with Crippen LogP contribution >= 0.6 is 0 Å². The Morgan fingerprint density at radius 3 is 2.54 bits per heavy atom. The van der Waals surface area contributed by atoms with Crippen LogP contribution < -0.4 is 10.5 Å². The van der Waals surface area contributed by atoms with Gasteiger partial charge < -0.3 is 19.9 Å². The number of aromatic nitrogens is 2. The van der Waals surface area contributed by atoms with Gasteiger partial charge >= 0.3 is 5.97 Å². The van der Waals surface area contributed by atoms with Crippen molar-refractivity contribution >= 4 is 38.6 Å². The van der Waals surface area contributed by atoms with Crippen molar-refractivity contribution < 1.29 is 22.7 Å². The Labute approximate surface area is 269 Å². The van der Waals surface area contributed by atoms with Gasteiger partial charge in [0, 0.05) is 12.5 Å². The van der Waals surface area contributed by atoms with E-state index in [1.165, 1.54) is 11.5 Å². The summed E-state index contributed by atoms with van der Waals surface area (Å²) >= 11 is 0. The van der Waals surface area contributed by atoms with E-state index in [9.17, 15) is 23.3 Å². The Bertz CT molecular complexity index is 1910. The van der Waals surface area contributed by atoms with Gasteiger partial charge in [0.1, 0.15) is 5.82 Å². The average molecular weight is 643 g/mol. The zero-order chi connectivity index (χ0) is 33.1. The first kappa shape index (κ1) is 32.7. The number of benzene rings is 3. The molecule has 1 fully saturated rings. The van der Waals surface area contributed by atoms with E-state index in [1.807, 2.05) is 12.1 Å². The number of ether oxygens (including phenoxy) is 1. The number of imidazole rings is 1. The predicted molar refractivity (Wildman–Crippen MR) is 174 cm³/mol. The van der Waals surface area contributed by atoms with Gasteiger partial charge in [-0.1, -0.05) is 36.8 Å². The lowest BCUT2D eigenvalue weighted by molar-refractivity contribution is -0.157. The topological polar surface area (TPSA) is 160 Å². The molecule has 240 valence electrons. The molecule has 5 rings (SSSR count). The number of nitrogens with two attached hydrogens (primary N) is 1. The summed E-state index contributed by atoms with van der Waals surface area (Å²) in [5, 5.41) is 9.20. The van der Waals surface area contributed by atoms with Crippen LogP contribution in [-0.2, 0) is 42.7 Å². The summed E-state index contributed by atoms with van der Waals surface area (Å²) in [6.45, 7) is 4.04. The number of rotatable bonds is 11. The van der Waals surface area contributed by atoms with Crippen LogP contribution in [0.4, 0.5) is 5.69 Å². The Morgan fingerprint density at radius 2 is 1.87 bits per heavy atom. The van der Waals surface area contributed by atoms with Crippen LogP contribution in [0, 0.1) is 11.3 Å². The Balaban J connectivity index is 1.55. The highest BCUT2D eigenvalue weighted by molar-refractivity contribution is 7.92. The summed E-state index contributed by atoms with van der Waals surface area (Å²) in [7, 11) is -1.90. The van der Waals surface area contributed by atoms with E-state index >= 15 is 0 Å². The smallest absolute Gasteiger partial charge is 0.342 e. The second kappa shape index (κ2) is 13.3. The number of piperidine rings is 1. The van der Waals surface area contributed by atoms with Crippen LogP contribution in [0.1, 0.15) is 55.6 Å². The molecule has 1 saturated heterocycles. The lowest BCUT2D eigenvalue weighted by Gasteiger charge is -2.33. The van der Waals surface area contributed by atoms with Crippen molar-refractivity contribution in [1.82, 2.24) is 14.5 Å². The van der Waals surface area contributed by atoms with Gasteiger partial charge in [-0.05, 0) is 94.2 Å². The summed E-state index contributed by atoms with van der Waals surface area (Å²) in [5.74, 6) is -1.44. The van der Waals surface area contributed by atoms with Gasteiger partial charge in [0.15, 0.2) is 0 Å². The molecular formula is C34H38N6O5S. The predicted octanol–water partition coefficient (Wildman–Crippen LogP) is 4.09. The summed E-state index contributed by atoms with van der Waals surface area (Å²) in [6.07, 6.45) is 4.08. The molecule has 0 radical (unpaired) electrons. The number of hydrogen-bond donors (Lipinski definition) is 2. The number of likely N-dealkylation sites (N-methyl/N-ethyl adjacent to an activating group) is 1. The monoisotopic (exact) mass is 642 g/mol. The molecule has 0 aliphatic carbocycles. The second-order valence-electron chi connectivity index (χ2n) is 11.8. The van der Waals surface area contributed by atoms with E-state index in [2.05, 4.69) is 22.7 Å². The molecule has 46 heavy (non-hydrogen) atoms. The van der Waals surface area contributed by atoms with Crippen molar-refractivity contribution in [2.24, 2.45) is 5.73 Å². The number of carbonyl (C=O) groups excluding carboxylic acids is 2. The number of nitrogens with one attached hydrogen (secondary N) is 1. The first-order valence-corrected chi connectivity index (χ1v) is 16.7. The maximum atomic E-state index is 13.8. The van der Waals surface area contributed by atoms with E-state index < -0.39 is 27.4 Å². The standard InChI is InChI=1S/C34H38N6O5S/c1-4-45-33(42)34(2,32(36)41)40-29-17-16-26(21-28(29)37-31(40)19-23-12-14-24(22-35)15-13-23)38-46(43,44)30-11-6-5-9-25(30)20-27-10-7-8-18-39(27)3/h5-6,9,11-17,21,27,38H,4,7-8,10,18-20H2,1-3H3,(H2,36,41). The molecule has 3 N–H and O–H groups in total. The fourth-order valence-corrected chi connectivity index (χ4v) is 7.37. The lowest BCUT2D eigenvalue weighted by Crippen LogP contribution is -2.51. The van der Waals surface area contributed by atoms with Crippen LogP contribution in [0.5, 0.6) is 0 Å². The number of esters is 1. The third kappa shape index (κ3) is 6.47. The first-order valence-electron chi connectivity index (χ1n) is 15.3. The first-order chi connectivity index (χ1) is 22.0. The summed E-state index contributed by atoms with van der Waals surface area (Å²) in [4.78, 5) is 33.4. The molecule has 1 aromatic heterocycles. The fraction of sp³-hybridized carbons (Fsp3) is 0.353. The Morgan fingerprint density at radius 1 is 1.13 bits per heavy atom. The number of fused-ring (bicyclic) bond motifs is 1. The molecule has 3 aromatic carbocycles. The van der Waals surface area contributed by atoms with Crippen LogP contribution in [0.3, 0.4) is 0 Å². The van der Waals surface area contributed by atoms with Crippen molar-refractivity contribution in [3.05, 3.63) is 89.2 Å². The Kier molecular flexibility index (Phi) is 9.46. The number of hydrogen-bond acceptors (Lipinski definition) is 8. The summed E-state index contributed by atoms with van der Waals surface area (Å²) in [6, 6.07) is 21.0. The highest BCUT2D eigenvalue weighted by atomic mass is 32.2. The number of amides is 1. The fourth-order valence-electron chi connectivity index (χ4n) is 6.07. The van der Waals surface area contributed by atoms with Crippen LogP contribution in [0.25, 0.3) is 11.0 Å².